The molecule has 0 aliphatic heterocycles. The first-order valence-corrected chi connectivity index (χ1v) is 8.62. The van der Waals surface area contributed by atoms with E-state index < -0.39 is 11.1 Å². The smallest absolute Gasteiger partial charge is 0.320 e. The first-order valence-electron chi connectivity index (χ1n) is 8.62. The molecule has 1 heterocycles. The van der Waals surface area contributed by atoms with Crippen LogP contribution in [0, 0.1) is 20.8 Å². The molecule has 0 saturated heterocycles. The van der Waals surface area contributed by atoms with Crippen LogP contribution in [0.1, 0.15) is 16.7 Å². The molecule has 138 valence electrons. The van der Waals surface area contributed by atoms with E-state index in [2.05, 4.69) is 5.32 Å². The zero-order valence-electron chi connectivity index (χ0n) is 15.5. The third kappa shape index (κ3) is 3.89. The summed E-state index contributed by atoms with van der Waals surface area (Å²) in [7, 11) is 0. The number of benzene rings is 2. The van der Waals surface area contributed by atoms with Gasteiger partial charge >= 0.3 is 11.1 Å². The monoisotopic (exact) mass is 363 g/mol. The molecule has 27 heavy (non-hydrogen) atoms. The fraction of sp³-hybridized carbons (Fsp3) is 0.190. The Kier molecular flexibility index (Phi) is 5.07. The summed E-state index contributed by atoms with van der Waals surface area (Å²) in [6.45, 7) is 5.47. The number of rotatable bonds is 4. The van der Waals surface area contributed by atoms with E-state index in [0.29, 0.717) is 11.4 Å². The van der Waals surface area contributed by atoms with Crippen LogP contribution in [0.4, 0.5) is 5.69 Å². The SMILES string of the molecule is Cc1ccc(C)c(NC(=O)Cn2ccn(-c3ccccc3C)c(=O)c2=O)c1. The van der Waals surface area contributed by atoms with Gasteiger partial charge in [0.25, 0.3) is 0 Å². The number of para-hydroxylation sites is 1. The molecule has 6 heteroatoms. The van der Waals surface area contributed by atoms with Crippen molar-refractivity contribution in [3.8, 4) is 5.69 Å². The van der Waals surface area contributed by atoms with Gasteiger partial charge in [0.1, 0.15) is 6.54 Å². The van der Waals surface area contributed by atoms with Gasteiger partial charge in [0.15, 0.2) is 0 Å². The minimum Gasteiger partial charge on any atom is -0.324 e. The lowest BCUT2D eigenvalue weighted by Gasteiger charge is -2.12. The van der Waals surface area contributed by atoms with Crippen LogP contribution in [-0.4, -0.2) is 15.0 Å². The Hall–Kier alpha value is -3.41. The molecule has 0 bridgehead atoms. The molecular weight excluding hydrogens is 342 g/mol. The Morgan fingerprint density at radius 3 is 2.41 bits per heavy atom. The van der Waals surface area contributed by atoms with Gasteiger partial charge in [-0.05, 0) is 49.6 Å². The number of nitrogens with zero attached hydrogens (tertiary/aromatic N) is 2. The molecule has 1 N–H and O–H groups in total. The molecule has 1 amide bonds. The quantitative estimate of drug-likeness (QED) is 0.724. The zero-order valence-corrected chi connectivity index (χ0v) is 15.5. The van der Waals surface area contributed by atoms with Gasteiger partial charge in [-0.3, -0.25) is 23.5 Å². The van der Waals surface area contributed by atoms with Crippen molar-refractivity contribution in [1.29, 1.82) is 0 Å². The maximum Gasteiger partial charge on any atom is 0.320 e. The molecule has 0 saturated carbocycles. The topological polar surface area (TPSA) is 73.1 Å². The van der Waals surface area contributed by atoms with Crippen molar-refractivity contribution in [3.05, 3.63) is 92.3 Å². The first kappa shape index (κ1) is 18.4. The predicted octanol–water partition coefficient (Wildman–Crippen LogP) is 2.56. The molecule has 1 aromatic heterocycles. The minimum absolute atomic E-state index is 0.226. The average Bonchev–Trinajstić information content (AvgIpc) is 2.63. The van der Waals surface area contributed by atoms with E-state index >= 15 is 0 Å². The summed E-state index contributed by atoms with van der Waals surface area (Å²) in [4.78, 5) is 37.2. The molecule has 0 spiro atoms. The maximum absolute atomic E-state index is 12.5. The van der Waals surface area contributed by atoms with Crippen LogP contribution in [0.3, 0.4) is 0 Å². The van der Waals surface area contributed by atoms with Crippen molar-refractivity contribution >= 4 is 11.6 Å². The van der Waals surface area contributed by atoms with E-state index in [9.17, 15) is 14.4 Å². The summed E-state index contributed by atoms with van der Waals surface area (Å²) >= 11 is 0. The molecule has 3 rings (SSSR count). The van der Waals surface area contributed by atoms with Gasteiger partial charge in [-0.2, -0.15) is 0 Å². The van der Waals surface area contributed by atoms with Gasteiger partial charge in [-0.15, -0.1) is 0 Å². The van der Waals surface area contributed by atoms with E-state index in [1.807, 2.05) is 51.1 Å². The summed E-state index contributed by atoms with van der Waals surface area (Å²) < 4.78 is 2.42. The standard InChI is InChI=1S/C21H21N3O3/c1-14-8-9-15(2)17(12-14)22-19(25)13-23-10-11-24(21(27)20(23)26)18-7-5-4-6-16(18)3/h4-12H,13H2,1-3H3,(H,22,25). The van der Waals surface area contributed by atoms with Crippen molar-refractivity contribution in [1.82, 2.24) is 9.13 Å². The molecule has 0 fully saturated rings. The van der Waals surface area contributed by atoms with E-state index in [1.54, 1.807) is 12.1 Å². The number of nitrogens with one attached hydrogen (secondary N) is 1. The minimum atomic E-state index is -0.739. The molecule has 6 nitrogen and oxygen atoms in total. The summed E-state index contributed by atoms with van der Waals surface area (Å²) in [6.07, 6.45) is 2.97. The number of carbonyl (C=O) groups is 1. The fourth-order valence-corrected chi connectivity index (χ4v) is 2.87. The highest BCUT2D eigenvalue weighted by atomic mass is 16.2. The Bertz CT molecular complexity index is 1130. The van der Waals surface area contributed by atoms with Crippen molar-refractivity contribution < 1.29 is 4.79 Å². The molecule has 0 unspecified atom stereocenters. The van der Waals surface area contributed by atoms with Crippen molar-refractivity contribution in [2.45, 2.75) is 27.3 Å². The second-order valence-corrected chi connectivity index (χ2v) is 6.56. The number of anilines is 1. The Labute approximate surface area is 156 Å². The van der Waals surface area contributed by atoms with Crippen LogP contribution in [-0.2, 0) is 11.3 Å². The molecule has 3 aromatic rings. The average molecular weight is 363 g/mol. The van der Waals surface area contributed by atoms with E-state index in [1.165, 1.54) is 17.0 Å². The van der Waals surface area contributed by atoms with Crippen LogP contribution in [0.2, 0.25) is 0 Å². The lowest BCUT2D eigenvalue weighted by molar-refractivity contribution is -0.116. The van der Waals surface area contributed by atoms with Gasteiger partial charge in [-0.25, -0.2) is 0 Å². The van der Waals surface area contributed by atoms with Crippen LogP contribution < -0.4 is 16.4 Å². The Morgan fingerprint density at radius 2 is 1.67 bits per heavy atom. The Balaban J connectivity index is 1.86. The van der Waals surface area contributed by atoms with Crippen LogP contribution in [0.15, 0.2) is 64.4 Å². The van der Waals surface area contributed by atoms with Gasteiger partial charge in [-0.1, -0.05) is 30.3 Å². The normalized spacial score (nSPS) is 10.6. The van der Waals surface area contributed by atoms with Crippen LogP contribution in [0.25, 0.3) is 5.69 Å². The summed E-state index contributed by atoms with van der Waals surface area (Å²) in [5, 5.41) is 2.79. The largest absolute Gasteiger partial charge is 0.324 e. The van der Waals surface area contributed by atoms with Gasteiger partial charge in [0, 0.05) is 18.1 Å². The van der Waals surface area contributed by atoms with E-state index in [0.717, 1.165) is 21.3 Å². The number of amides is 1. The predicted molar refractivity (Wildman–Crippen MR) is 106 cm³/mol. The lowest BCUT2D eigenvalue weighted by Crippen LogP contribution is -2.41. The van der Waals surface area contributed by atoms with Gasteiger partial charge in [0.05, 0.1) is 5.69 Å². The summed E-state index contributed by atoms with van der Waals surface area (Å²) in [5.41, 5.74) is 2.74. The van der Waals surface area contributed by atoms with Crippen LogP contribution in [0.5, 0.6) is 0 Å². The van der Waals surface area contributed by atoms with Gasteiger partial charge < -0.3 is 5.32 Å². The van der Waals surface area contributed by atoms with Gasteiger partial charge in [0.2, 0.25) is 5.91 Å². The number of hydrogen-bond donors (Lipinski definition) is 1. The third-order valence-electron chi connectivity index (χ3n) is 4.41. The first-order chi connectivity index (χ1) is 12.9. The molecule has 0 aliphatic rings. The number of hydrogen-bond acceptors (Lipinski definition) is 3. The highest BCUT2D eigenvalue weighted by Gasteiger charge is 2.12. The van der Waals surface area contributed by atoms with Crippen molar-refractivity contribution in [2.24, 2.45) is 0 Å². The third-order valence-corrected chi connectivity index (χ3v) is 4.41. The summed E-state index contributed by atoms with van der Waals surface area (Å²) in [5.74, 6) is -0.362. The summed E-state index contributed by atoms with van der Waals surface area (Å²) in [6, 6.07) is 13.0. The second-order valence-electron chi connectivity index (χ2n) is 6.56. The van der Waals surface area contributed by atoms with E-state index in [4.69, 9.17) is 0 Å². The number of aryl methyl sites for hydroxylation is 3. The fourth-order valence-electron chi connectivity index (χ4n) is 2.87. The second kappa shape index (κ2) is 7.45. The molecule has 0 atom stereocenters. The maximum atomic E-state index is 12.5. The Morgan fingerprint density at radius 1 is 0.926 bits per heavy atom. The number of aromatic nitrogens is 2. The number of carbonyl (C=O) groups excluding carboxylic acids is 1. The lowest BCUT2D eigenvalue weighted by atomic mass is 10.1. The van der Waals surface area contributed by atoms with Crippen LogP contribution >= 0.6 is 0 Å². The molecule has 0 aliphatic carbocycles. The van der Waals surface area contributed by atoms with E-state index in [-0.39, 0.29) is 12.5 Å². The molecule has 0 radical (unpaired) electrons. The molecular formula is C21H21N3O3. The zero-order chi connectivity index (χ0) is 19.6. The highest BCUT2D eigenvalue weighted by molar-refractivity contribution is 5.91. The van der Waals surface area contributed by atoms with Crippen molar-refractivity contribution in [3.63, 3.8) is 0 Å². The van der Waals surface area contributed by atoms with Crippen molar-refractivity contribution in [2.75, 3.05) is 5.32 Å². The molecule has 2 aromatic carbocycles. The highest BCUT2D eigenvalue weighted by Crippen LogP contribution is 2.16.